The zero-order valence-electron chi connectivity index (χ0n) is 13.1. The number of hydrogen-bond acceptors (Lipinski definition) is 5. The van der Waals surface area contributed by atoms with Gasteiger partial charge >= 0.3 is 0 Å². The number of anilines is 1. The molecule has 0 atom stereocenters. The third-order valence-corrected chi connectivity index (χ3v) is 4.40. The van der Waals surface area contributed by atoms with Gasteiger partial charge < -0.3 is 15.2 Å². The minimum atomic E-state index is 0.0646. The van der Waals surface area contributed by atoms with Crippen LogP contribution in [0.2, 0.25) is 0 Å². The van der Waals surface area contributed by atoms with Gasteiger partial charge in [0.05, 0.1) is 5.56 Å². The molecule has 3 aromatic rings. The topological polar surface area (TPSA) is 86.8 Å². The van der Waals surface area contributed by atoms with Crippen molar-refractivity contribution in [3.05, 3.63) is 48.7 Å². The van der Waals surface area contributed by atoms with E-state index in [1.165, 1.54) is 6.33 Å². The first-order valence-corrected chi connectivity index (χ1v) is 8.05. The predicted octanol–water partition coefficient (Wildman–Crippen LogP) is 2.07. The van der Waals surface area contributed by atoms with Gasteiger partial charge in [-0.2, -0.15) is 0 Å². The Morgan fingerprint density at radius 3 is 2.88 bits per heavy atom. The number of amides is 1. The quantitative estimate of drug-likeness (QED) is 0.771. The zero-order chi connectivity index (χ0) is 16.4. The maximum atomic E-state index is 12.8. The average molecular weight is 322 g/mol. The maximum Gasteiger partial charge on any atom is 0.256 e. The fourth-order valence-corrected chi connectivity index (χ4v) is 3.12. The van der Waals surface area contributed by atoms with Gasteiger partial charge in [-0.25, -0.2) is 15.0 Å². The second-order valence-electron chi connectivity index (χ2n) is 5.91. The Morgan fingerprint density at radius 1 is 1.21 bits per heavy atom. The Labute approximate surface area is 139 Å². The monoisotopic (exact) mass is 322 g/mol. The summed E-state index contributed by atoms with van der Waals surface area (Å²) in [6, 6.07) is 5.96. The van der Waals surface area contributed by atoms with Crippen LogP contribution in [0.25, 0.3) is 11.0 Å². The summed E-state index contributed by atoms with van der Waals surface area (Å²) in [6.07, 6.45) is 8.53. The van der Waals surface area contributed by atoms with E-state index >= 15 is 0 Å². The molecular formula is C17H18N6O. The first-order valence-electron chi connectivity index (χ1n) is 8.05. The number of aromatic nitrogens is 4. The number of aromatic amines is 1. The molecule has 0 bridgehead atoms. The Morgan fingerprint density at radius 2 is 2.08 bits per heavy atom. The van der Waals surface area contributed by atoms with Crippen LogP contribution < -0.4 is 5.32 Å². The summed E-state index contributed by atoms with van der Waals surface area (Å²) in [5, 5.41) is 4.28. The lowest BCUT2D eigenvalue weighted by atomic mass is 10.0. The van der Waals surface area contributed by atoms with Gasteiger partial charge in [0.1, 0.15) is 17.8 Å². The summed E-state index contributed by atoms with van der Waals surface area (Å²) >= 11 is 0. The summed E-state index contributed by atoms with van der Waals surface area (Å²) in [5.41, 5.74) is 1.45. The molecule has 24 heavy (non-hydrogen) atoms. The Hall–Kier alpha value is -2.96. The number of nitrogens with one attached hydrogen (secondary N) is 2. The van der Waals surface area contributed by atoms with Gasteiger partial charge in [-0.1, -0.05) is 0 Å². The number of fused-ring (bicyclic) bond motifs is 1. The minimum absolute atomic E-state index is 0.0646. The Bertz CT molecular complexity index is 838. The fourth-order valence-electron chi connectivity index (χ4n) is 3.12. The van der Waals surface area contributed by atoms with E-state index in [-0.39, 0.29) is 5.91 Å². The molecule has 0 radical (unpaired) electrons. The van der Waals surface area contributed by atoms with E-state index in [0.29, 0.717) is 11.6 Å². The lowest BCUT2D eigenvalue weighted by molar-refractivity contribution is 0.0720. The summed E-state index contributed by atoms with van der Waals surface area (Å²) in [4.78, 5) is 30.1. The number of likely N-dealkylation sites (tertiary alicyclic amines) is 1. The van der Waals surface area contributed by atoms with E-state index in [9.17, 15) is 4.79 Å². The average Bonchev–Trinajstić information content (AvgIpc) is 3.07. The van der Waals surface area contributed by atoms with Gasteiger partial charge in [-0.15, -0.1) is 0 Å². The number of carbonyl (C=O) groups is 1. The van der Waals surface area contributed by atoms with E-state index in [2.05, 4.69) is 25.3 Å². The van der Waals surface area contributed by atoms with E-state index in [0.717, 1.165) is 42.8 Å². The van der Waals surface area contributed by atoms with Crippen molar-refractivity contribution in [3.8, 4) is 0 Å². The van der Waals surface area contributed by atoms with E-state index < -0.39 is 0 Å². The number of piperidine rings is 1. The van der Waals surface area contributed by atoms with Crippen molar-refractivity contribution in [2.24, 2.45) is 0 Å². The molecule has 1 aliphatic heterocycles. The van der Waals surface area contributed by atoms with Gasteiger partial charge in [0.2, 0.25) is 0 Å². The molecule has 2 N–H and O–H groups in total. The van der Waals surface area contributed by atoms with Crippen LogP contribution in [0.5, 0.6) is 0 Å². The summed E-state index contributed by atoms with van der Waals surface area (Å²) in [7, 11) is 0. The highest BCUT2D eigenvalue weighted by atomic mass is 16.2. The van der Waals surface area contributed by atoms with Crippen LogP contribution in [0.15, 0.2) is 43.1 Å². The fraction of sp³-hybridized carbons (Fsp3) is 0.294. The van der Waals surface area contributed by atoms with Crippen molar-refractivity contribution in [2.75, 3.05) is 18.4 Å². The van der Waals surface area contributed by atoms with Gasteiger partial charge in [-0.3, -0.25) is 4.79 Å². The third-order valence-electron chi connectivity index (χ3n) is 4.40. The van der Waals surface area contributed by atoms with Crippen molar-refractivity contribution in [1.29, 1.82) is 0 Å². The predicted molar refractivity (Wildman–Crippen MR) is 90.7 cm³/mol. The molecule has 0 aliphatic carbocycles. The molecule has 122 valence electrons. The zero-order valence-corrected chi connectivity index (χ0v) is 13.1. The van der Waals surface area contributed by atoms with Crippen molar-refractivity contribution < 1.29 is 4.79 Å². The number of pyridine rings is 1. The van der Waals surface area contributed by atoms with E-state index in [4.69, 9.17) is 0 Å². The molecule has 1 saturated heterocycles. The van der Waals surface area contributed by atoms with E-state index in [1.807, 2.05) is 23.1 Å². The van der Waals surface area contributed by atoms with Gasteiger partial charge in [-0.05, 0) is 31.0 Å². The highest BCUT2D eigenvalue weighted by Gasteiger charge is 2.25. The number of hydrogen-bond donors (Lipinski definition) is 2. The third kappa shape index (κ3) is 2.80. The highest BCUT2D eigenvalue weighted by molar-refractivity contribution is 6.05. The molecule has 4 rings (SSSR count). The van der Waals surface area contributed by atoms with Crippen LogP contribution in [-0.4, -0.2) is 49.9 Å². The van der Waals surface area contributed by atoms with Crippen LogP contribution in [-0.2, 0) is 0 Å². The lowest BCUT2D eigenvalue weighted by Gasteiger charge is -2.32. The largest absolute Gasteiger partial charge is 0.367 e. The number of rotatable bonds is 3. The second kappa shape index (κ2) is 6.27. The molecule has 0 saturated carbocycles. The normalized spacial score (nSPS) is 15.6. The van der Waals surface area contributed by atoms with Crippen LogP contribution in [0.3, 0.4) is 0 Å². The maximum absolute atomic E-state index is 12.8. The van der Waals surface area contributed by atoms with E-state index in [1.54, 1.807) is 18.6 Å². The Kier molecular flexibility index (Phi) is 3.82. The van der Waals surface area contributed by atoms with Gasteiger partial charge in [0, 0.05) is 43.1 Å². The van der Waals surface area contributed by atoms with Crippen LogP contribution in [0.4, 0.5) is 5.82 Å². The molecular weight excluding hydrogens is 304 g/mol. The van der Waals surface area contributed by atoms with Crippen molar-refractivity contribution in [1.82, 2.24) is 24.8 Å². The SMILES string of the molecule is O=C(c1c[nH]c2ncccc12)N1CCC(Nc2ccncn2)CC1. The van der Waals surface area contributed by atoms with Crippen molar-refractivity contribution >= 4 is 22.8 Å². The molecule has 0 spiro atoms. The minimum Gasteiger partial charge on any atom is -0.367 e. The van der Waals surface area contributed by atoms with Crippen molar-refractivity contribution in [3.63, 3.8) is 0 Å². The Balaban J connectivity index is 1.41. The van der Waals surface area contributed by atoms with Crippen molar-refractivity contribution in [2.45, 2.75) is 18.9 Å². The first kappa shape index (κ1) is 14.6. The summed E-state index contributed by atoms with van der Waals surface area (Å²) in [6.45, 7) is 1.46. The second-order valence-corrected chi connectivity index (χ2v) is 5.91. The molecule has 4 heterocycles. The molecule has 7 nitrogen and oxygen atoms in total. The number of H-pyrrole nitrogens is 1. The molecule has 7 heteroatoms. The summed E-state index contributed by atoms with van der Waals surface area (Å²) < 4.78 is 0. The molecule has 3 aromatic heterocycles. The first-order chi connectivity index (χ1) is 11.8. The number of nitrogens with zero attached hydrogens (tertiary/aromatic N) is 4. The van der Waals surface area contributed by atoms with Crippen LogP contribution in [0, 0.1) is 0 Å². The highest BCUT2D eigenvalue weighted by Crippen LogP contribution is 2.21. The van der Waals surface area contributed by atoms with Crippen LogP contribution >= 0.6 is 0 Å². The number of carbonyl (C=O) groups excluding carboxylic acids is 1. The lowest BCUT2D eigenvalue weighted by Crippen LogP contribution is -2.42. The van der Waals surface area contributed by atoms with Gasteiger partial charge in [0.15, 0.2) is 0 Å². The summed E-state index contributed by atoms with van der Waals surface area (Å²) in [5.74, 6) is 0.896. The standard InChI is InChI=1S/C17H18N6O/c24-17(14-10-20-16-13(14)2-1-6-19-16)23-8-4-12(5-9-23)22-15-3-7-18-11-21-15/h1-3,6-7,10-12H,4-5,8-9H2,(H,19,20)(H,18,21,22). The molecule has 1 fully saturated rings. The molecule has 0 aromatic carbocycles. The smallest absolute Gasteiger partial charge is 0.256 e. The molecule has 0 unspecified atom stereocenters. The molecule has 1 aliphatic rings. The van der Waals surface area contributed by atoms with Gasteiger partial charge in [0.25, 0.3) is 5.91 Å². The van der Waals surface area contributed by atoms with Crippen LogP contribution in [0.1, 0.15) is 23.2 Å². The molecule has 1 amide bonds.